The van der Waals surface area contributed by atoms with Gasteiger partial charge in [-0.05, 0) is 18.4 Å². The second kappa shape index (κ2) is 18.0. The highest BCUT2D eigenvalue weighted by Crippen LogP contribution is 2.21. The average molecular weight is 407 g/mol. The molecule has 0 radical (unpaired) electrons. The molecular formula is C20H35ClO2S2. The van der Waals surface area contributed by atoms with E-state index in [1.165, 1.54) is 7.11 Å². The van der Waals surface area contributed by atoms with Crippen molar-refractivity contribution < 1.29 is 9.53 Å². The van der Waals surface area contributed by atoms with Gasteiger partial charge in [0.15, 0.2) is 0 Å². The number of thioether (sulfide) groups is 1. The summed E-state index contributed by atoms with van der Waals surface area (Å²) in [6.07, 6.45) is 3.14. The Hall–Kier alpha value is -0.840. The molecule has 0 N–H and O–H groups in total. The predicted molar refractivity (Wildman–Crippen MR) is 122 cm³/mol. The third-order valence-corrected chi connectivity index (χ3v) is 4.73. The highest BCUT2D eigenvalue weighted by Gasteiger charge is 2.17. The van der Waals surface area contributed by atoms with E-state index in [1.807, 2.05) is 43.3 Å². The fourth-order valence-corrected chi connectivity index (χ4v) is 3.18. The number of carbonyl (C=O) groups excluding carboxylic acids is 1. The Bertz CT molecular complexity index is 502. The summed E-state index contributed by atoms with van der Waals surface area (Å²) < 4.78 is 5.60. The third-order valence-electron chi connectivity index (χ3n) is 3.00. The molecule has 25 heavy (non-hydrogen) atoms. The molecule has 1 atom stereocenters. The number of benzene rings is 1. The monoisotopic (exact) mass is 406 g/mol. The molecule has 0 saturated carbocycles. The average Bonchev–Trinajstić information content (AvgIpc) is 2.52. The van der Waals surface area contributed by atoms with Crippen molar-refractivity contribution in [2.75, 3.05) is 12.9 Å². The Balaban J connectivity index is -0.000000551. The predicted octanol–water partition coefficient (Wildman–Crippen LogP) is 7.35. The van der Waals surface area contributed by atoms with E-state index in [2.05, 4.69) is 0 Å². The molecule has 0 aromatic heterocycles. The zero-order valence-corrected chi connectivity index (χ0v) is 14.6. The van der Waals surface area contributed by atoms with Crippen LogP contribution in [-0.4, -0.2) is 23.0 Å². The summed E-state index contributed by atoms with van der Waals surface area (Å²) in [5.41, 5.74) is 1.04. The Labute approximate surface area is 170 Å². The minimum Gasteiger partial charge on any atom is -0.469 e. The van der Waals surface area contributed by atoms with Gasteiger partial charge < -0.3 is 4.74 Å². The largest absolute Gasteiger partial charge is 0.469 e. The Kier molecular flexibility index (Phi) is 22.9. The lowest BCUT2D eigenvalue weighted by Gasteiger charge is -2.11. The first-order valence-electron chi connectivity index (χ1n) is 6.73. The van der Waals surface area contributed by atoms with Crippen molar-refractivity contribution in [3.8, 4) is 0 Å². The van der Waals surface area contributed by atoms with Crippen LogP contribution in [0.15, 0.2) is 41.4 Å². The quantitative estimate of drug-likeness (QED) is 0.349. The summed E-state index contributed by atoms with van der Waals surface area (Å²) in [7, 11) is 1.40. The number of carbonyl (C=O) groups is 1. The first-order valence-corrected chi connectivity index (χ1v) is 8.50. The number of allylic oxidation sites excluding steroid dienone is 1. The summed E-state index contributed by atoms with van der Waals surface area (Å²) in [6, 6.07) is 9.88. The smallest absolute Gasteiger partial charge is 0.309 e. The molecule has 5 heteroatoms. The zero-order valence-electron chi connectivity index (χ0n) is 12.2. The molecule has 1 unspecified atom stereocenters. The fourth-order valence-electron chi connectivity index (χ4n) is 1.75. The molecule has 0 aliphatic rings. The minimum absolute atomic E-state index is 0. The molecule has 0 amide bonds. The molecule has 146 valence electrons. The summed E-state index contributed by atoms with van der Waals surface area (Å²) in [4.78, 5) is 11.5. The lowest BCUT2D eigenvalue weighted by molar-refractivity contribution is -0.145. The summed E-state index contributed by atoms with van der Waals surface area (Å²) in [5.74, 6) is 0.311. The van der Waals surface area contributed by atoms with Gasteiger partial charge in [0, 0.05) is 10.8 Å². The topological polar surface area (TPSA) is 26.3 Å². The normalized spacial score (nSPS) is 10.8. The first kappa shape index (κ1) is 31.9. The summed E-state index contributed by atoms with van der Waals surface area (Å²) in [5, 5.41) is 0.676. The summed E-state index contributed by atoms with van der Waals surface area (Å²) in [6.45, 7) is 1.95. The number of hydrogen-bond acceptors (Lipinski definition) is 4. The van der Waals surface area contributed by atoms with Gasteiger partial charge >= 0.3 is 5.97 Å². The molecule has 1 rings (SSSR count). The van der Waals surface area contributed by atoms with Crippen molar-refractivity contribution in [1.29, 1.82) is 0 Å². The molecule has 0 saturated heterocycles. The Morgan fingerprint density at radius 1 is 1.24 bits per heavy atom. The van der Waals surface area contributed by atoms with Crippen LogP contribution >= 0.6 is 35.6 Å². The first-order chi connectivity index (χ1) is 10.1. The van der Waals surface area contributed by atoms with Crippen LogP contribution in [0.2, 0.25) is 0 Å². The Morgan fingerprint density at radius 2 is 1.80 bits per heavy atom. The molecule has 0 heterocycles. The van der Waals surface area contributed by atoms with E-state index in [0.717, 1.165) is 9.76 Å². The number of rotatable bonds is 7. The standard InChI is InChI=1S/C16H19ClO2S2.4CH4/c1-3-12(15(18)19-2)11-14(17)9-10-21-16(20)13-7-5-4-6-8-13;;;;/h4-9,12H,3,10-11H2,1-2H3;4*1H4. The van der Waals surface area contributed by atoms with Crippen LogP contribution in [0, 0.1) is 5.92 Å². The van der Waals surface area contributed by atoms with Crippen molar-refractivity contribution in [2.24, 2.45) is 5.92 Å². The maximum Gasteiger partial charge on any atom is 0.309 e. The van der Waals surface area contributed by atoms with Crippen LogP contribution in [0.3, 0.4) is 0 Å². The molecule has 0 aliphatic carbocycles. The molecule has 0 bridgehead atoms. The molecule has 0 fully saturated rings. The highest BCUT2D eigenvalue weighted by atomic mass is 35.5. The van der Waals surface area contributed by atoms with E-state index in [0.29, 0.717) is 23.6 Å². The molecule has 0 spiro atoms. The van der Waals surface area contributed by atoms with Gasteiger partial charge in [0.1, 0.15) is 0 Å². The number of methoxy groups -OCH3 is 1. The fraction of sp³-hybridized carbons (Fsp3) is 0.500. The molecular weight excluding hydrogens is 372 g/mol. The second-order valence-corrected chi connectivity index (χ2v) is 6.63. The molecule has 1 aromatic rings. The molecule has 2 nitrogen and oxygen atoms in total. The molecule has 1 aromatic carbocycles. The van der Waals surface area contributed by atoms with E-state index < -0.39 is 0 Å². The Morgan fingerprint density at radius 3 is 2.28 bits per heavy atom. The number of halogens is 1. The van der Waals surface area contributed by atoms with Gasteiger partial charge in [-0.2, -0.15) is 0 Å². The van der Waals surface area contributed by atoms with Gasteiger partial charge in [0.25, 0.3) is 0 Å². The number of thiocarbonyl (C=S) groups is 1. The van der Waals surface area contributed by atoms with Crippen LogP contribution in [0.4, 0.5) is 0 Å². The van der Waals surface area contributed by atoms with E-state index in [-0.39, 0.29) is 41.6 Å². The van der Waals surface area contributed by atoms with E-state index in [4.69, 9.17) is 28.6 Å². The number of ether oxygens (including phenoxy) is 1. The SMILES string of the molecule is C.C.C.C.CCC(CC(Cl)=CCSC(=S)c1ccccc1)C(=O)OC. The van der Waals surface area contributed by atoms with E-state index >= 15 is 0 Å². The van der Waals surface area contributed by atoms with Gasteiger partial charge in [-0.15, -0.1) is 11.8 Å². The van der Waals surface area contributed by atoms with E-state index in [1.54, 1.807) is 11.8 Å². The number of esters is 1. The lowest BCUT2D eigenvalue weighted by atomic mass is 10.0. The maximum absolute atomic E-state index is 11.5. The van der Waals surface area contributed by atoms with Crippen LogP contribution in [0.5, 0.6) is 0 Å². The van der Waals surface area contributed by atoms with Crippen molar-refractivity contribution in [3.63, 3.8) is 0 Å². The second-order valence-electron chi connectivity index (χ2n) is 4.45. The van der Waals surface area contributed by atoms with E-state index in [9.17, 15) is 4.79 Å². The van der Waals surface area contributed by atoms with Crippen molar-refractivity contribution in [1.82, 2.24) is 0 Å². The maximum atomic E-state index is 11.5. The number of hydrogen-bond donors (Lipinski definition) is 0. The van der Waals surface area contributed by atoms with Gasteiger partial charge in [-0.1, -0.05) is 96.9 Å². The van der Waals surface area contributed by atoms with Crippen LogP contribution in [0.1, 0.15) is 55.0 Å². The lowest BCUT2D eigenvalue weighted by Crippen LogP contribution is -2.15. The zero-order chi connectivity index (χ0) is 15.7. The van der Waals surface area contributed by atoms with Crippen molar-refractivity contribution in [3.05, 3.63) is 47.0 Å². The molecule has 0 aliphatic heterocycles. The van der Waals surface area contributed by atoms with Crippen molar-refractivity contribution in [2.45, 2.75) is 49.5 Å². The summed E-state index contributed by atoms with van der Waals surface area (Å²) >= 11 is 13.1. The van der Waals surface area contributed by atoms with Crippen LogP contribution in [-0.2, 0) is 9.53 Å². The van der Waals surface area contributed by atoms with Gasteiger partial charge in [0.2, 0.25) is 0 Å². The van der Waals surface area contributed by atoms with Gasteiger partial charge in [-0.3, -0.25) is 4.79 Å². The third kappa shape index (κ3) is 12.2. The van der Waals surface area contributed by atoms with Gasteiger partial charge in [-0.25, -0.2) is 0 Å². The van der Waals surface area contributed by atoms with Gasteiger partial charge in [0.05, 0.1) is 17.2 Å². The van der Waals surface area contributed by atoms with Crippen LogP contribution in [0.25, 0.3) is 0 Å². The van der Waals surface area contributed by atoms with Crippen LogP contribution < -0.4 is 0 Å². The minimum atomic E-state index is -0.212. The highest BCUT2D eigenvalue weighted by molar-refractivity contribution is 8.23. The van der Waals surface area contributed by atoms with Crippen molar-refractivity contribution >= 4 is 45.7 Å².